The van der Waals surface area contributed by atoms with Crippen LogP contribution in [0.3, 0.4) is 0 Å². The topological polar surface area (TPSA) is 64.6 Å². The second-order valence-corrected chi connectivity index (χ2v) is 6.89. The number of anilines is 1. The van der Waals surface area contributed by atoms with E-state index in [4.69, 9.17) is 21.1 Å². The first kappa shape index (κ1) is 21.8. The number of hydrogen-bond acceptors (Lipinski definition) is 4. The van der Waals surface area contributed by atoms with Gasteiger partial charge in [0.2, 0.25) is 5.91 Å². The van der Waals surface area contributed by atoms with Gasteiger partial charge in [0.15, 0.2) is 0 Å². The second-order valence-electron chi connectivity index (χ2n) is 6.48. The molecular weight excluding hydrogens is 378 g/mol. The van der Waals surface area contributed by atoms with Crippen LogP contribution in [0.25, 0.3) is 0 Å². The Morgan fingerprint density at radius 2 is 1.89 bits per heavy atom. The fraction of sp³-hybridized carbons (Fsp3) is 0.364. The maximum absolute atomic E-state index is 12.1. The molecule has 0 radical (unpaired) electrons. The van der Waals surface area contributed by atoms with E-state index < -0.39 is 0 Å². The van der Waals surface area contributed by atoms with E-state index in [9.17, 15) is 9.59 Å². The fourth-order valence-electron chi connectivity index (χ4n) is 2.47. The molecule has 0 saturated carbocycles. The van der Waals surface area contributed by atoms with Gasteiger partial charge in [-0.15, -0.1) is 0 Å². The Balaban J connectivity index is 1.75. The molecule has 2 aromatic carbocycles. The summed E-state index contributed by atoms with van der Waals surface area (Å²) in [6.07, 6.45) is 2.69. The van der Waals surface area contributed by atoms with Crippen LogP contribution in [0.4, 0.5) is 5.69 Å². The van der Waals surface area contributed by atoms with Gasteiger partial charge in [0, 0.05) is 17.1 Å². The Morgan fingerprint density at radius 3 is 2.64 bits per heavy atom. The number of ether oxygens (including phenoxy) is 2. The van der Waals surface area contributed by atoms with E-state index in [2.05, 4.69) is 5.32 Å². The van der Waals surface area contributed by atoms with Crippen molar-refractivity contribution in [1.29, 1.82) is 0 Å². The Morgan fingerprint density at radius 1 is 1.07 bits per heavy atom. The summed E-state index contributed by atoms with van der Waals surface area (Å²) in [6.45, 7) is 4.78. The number of unbranched alkanes of at least 4 members (excludes halogenated alkanes) is 1. The lowest BCUT2D eigenvalue weighted by atomic mass is 10.2. The summed E-state index contributed by atoms with van der Waals surface area (Å²) in [5, 5.41) is 3.50. The molecule has 0 spiro atoms. The van der Waals surface area contributed by atoms with Crippen molar-refractivity contribution in [2.24, 2.45) is 0 Å². The van der Waals surface area contributed by atoms with E-state index in [0.717, 1.165) is 24.2 Å². The first-order valence-corrected chi connectivity index (χ1v) is 9.83. The van der Waals surface area contributed by atoms with Crippen LogP contribution in [0.2, 0.25) is 5.02 Å². The number of rotatable bonds is 10. The van der Waals surface area contributed by atoms with Gasteiger partial charge in [0.1, 0.15) is 5.75 Å². The molecule has 0 fully saturated rings. The molecule has 0 atom stereocenters. The van der Waals surface area contributed by atoms with E-state index in [1.54, 1.807) is 36.4 Å². The molecule has 2 aromatic rings. The predicted molar refractivity (Wildman–Crippen MR) is 111 cm³/mol. The highest BCUT2D eigenvalue weighted by Gasteiger charge is 2.09. The number of nitrogens with one attached hydrogen (secondary N) is 1. The SMILES string of the molecule is CCCCOC(=O)c1cccc(NC(=O)CCCOc2ccc(Cl)c(C)c2)c1. The highest BCUT2D eigenvalue weighted by atomic mass is 35.5. The minimum Gasteiger partial charge on any atom is -0.494 e. The second kappa shape index (κ2) is 11.3. The summed E-state index contributed by atoms with van der Waals surface area (Å²) in [4.78, 5) is 24.1. The molecule has 6 heteroatoms. The van der Waals surface area contributed by atoms with Gasteiger partial charge in [-0.1, -0.05) is 31.0 Å². The van der Waals surface area contributed by atoms with Crippen LogP contribution in [-0.2, 0) is 9.53 Å². The summed E-state index contributed by atoms with van der Waals surface area (Å²) < 4.78 is 10.8. The van der Waals surface area contributed by atoms with Crippen molar-refractivity contribution in [3.63, 3.8) is 0 Å². The first-order chi connectivity index (χ1) is 13.5. The van der Waals surface area contributed by atoms with Gasteiger partial charge in [-0.05, 0) is 61.7 Å². The standard InChI is InChI=1S/C22H26ClNO4/c1-3-4-12-28-22(26)17-7-5-8-18(15-17)24-21(25)9-6-13-27-19-10-11-20(23)16(2)14-19/h5,7-8,10-11,14-15H,3-4,6,9,12-13H2,1-2H3,(H,24,25). The van der Waals surface area contributed by atoms with Crippen LogP contribution >= 0.6 is 11.6 Å². The highest BCUT2D eigenvalue weighted by Crippen LogP contribution is 2.21. The van der Waals surface area contributed by atoms with Crippen LogP contribution in [0.15, 0.2) is 42.5 Å². The summed E-state index contributed by atoms with van der Waals surface area (Å²) in [7, 11) is 0. The normalized spacial score (nSPS) is 10.4. The average Bonchev–Trinajstić information content (AvgIpc) is 2.68. The van der Waals surface area contributed by atoms with Crippen molar-refractivity contribution in [1.82, 2.24) is 0 Å². The zero-order valence-electron chi connectivity index (χ0n) is 16.3. The molecule has 28 heavy (non-hydrogen) atoms. The third-order valence-electron chi connectivity index (χ3n) is 4.06. The van der Waals surface area contributed by atoms with E-state index in [0.29, 0.717) is 42.3 Å². The van der Waals surface area contributed by atoms with Crippen LogP contribution in [0, 0.1) is 6.92 Å². The van der Waals surface area contributed by atoms with Gasteiger partial charge in [-0.25, -0.2) is 4.79 Å². The molecule has 0 aliphatic heterocycles. The van der Waals surface area contributed by atoms with Gasteiger partial charge in [-0.3, -0.25) is 4.79 Å². The third kappa shape index (κ3) is 7.24. The molecule has 150 valence electrons. The Labute approximate surface area is 171 Å². The number of halogens is 1. The lowest BCUT2D eigenvalue weighted by Crippen LogP contribution is -2.13. The van der Waals surface area contributed by atoms with Crippen molar-refractivity contribution >= 4 is 29.2 Å². The number of amides is 1. The van der Waals surface area contributed by atoms with Gasteiger partial charge in [-0.2, -0.15) is 0 Å². The molecule has 0 aliphatic rings. The fourth-order valence-corrected chi connectivity index (χ4v) is 2.59. The van der Waals surface area contributed by atoms with Crippen LogP contribution in [-0.4, -0.2) is 25.1 Å². The smallest absolute Gasteiger partial charge is 0.338 e. The van der Waals surface area contributed by atoms with Crippen LogP contribution < -0.4 is 10.1 Å². The van der Waals surface area contributed by atoms with Crippen LogP contribution in [0.5, 0.6) is 5.75 Å². The predicted octanol–water partition coefficient (Wildman–Crippen LogP) is 5.40. The Bertz CT molecular complexity index is 807. The third-order valence-corrected chi connectivity index (χ3v) is 4.48. The highest BCUT2D eigenvalue weighted by molar-refractivity contribution is 6.31. The summed E-state index contributed by atoms with van der Waals surface area (Å²) >= 11 is 5.99. The lowest BCUT2D eigenvalue weighted by molar-refractivity contribution is -0.116. The molecule has 0 unspecified atom stereocenters. The quantitative estimate of drug-likeness (QED) is 0.426. The van der Waals surface area contributed by atoms with E-state index >= 15 is 0 Å². The zero-order chi connectivity index (χ0) is 20.4. The van der Waals surface area contributed by atoms with Gasteiger partial charge >= 0.3 is 5.97 Å². The number of benzene rings is 2. The summed E-state index contributed by atoms with van der Waals surface area (Å²) in [5.74, 6) is 0.222. The lowest BCUT2D eigenvalue weighted by Gasteiger charge is -2.09. The maximum atomic E-state index is 12.1. The Kier molecular flexibility index (Phi) is 8.82. The zero-order valence-corrected chi connectivity index (χ0v) is 17.1. The van der Waals surface area contributed by atoms with Crippen molar-refractivity contribution in [3.05, 3.63) is 58.6 Å². The first-order valence-electron chi connectivity index (χ1n) is 9.45. The average molecular weight is 404 g/mol. The van der Waals surface area contributed by atoms with E-state index in [1.165, 1.54) is 0 Å². The summed E-state index contributed by atoms with van der Waals surface area (Å²) in [5.41, 5.74) is 1.95. The number of aryl methyl sites for hydroxylation is 1. The molecule has 0 saturated heterocycles. The largest absolute Gasteiger partial charge is 0.494 e. The molecule has 2 rings (SSSR count). The molecule has 1 N–H and O–H groups in total. The van der Waals surface area contributed by atoms with Crippen molar-refractivity contribution in [3.8, 4) is 5.75 Å². The molecular formula is C22H26ClNO4. The minimum absolute atomic E-state index is 0.132. The summed E-state index contributed by atoms with van der Waals surface area (Å²) in [6, 6.07) is 12.2. The number of carbonyl (C=O) groups excluding carboxylic acids is 2. The van der Waals surface area contributed by atoms with Crippen molar-refractivity contribution in [2.75, 3.05) is 18.5 Å². The number of esters is 1. The monoisotopic (exact) mass is 403 g/mol. The van der Waals surface area contributed by atoms with Gasteiger partial charge in [0.05, 0.1) is 18.8 Å². The number of carbonyl (C=O) groups is 2. The van der Waals surface area contributed by atoms with Crippen molar-refractivity contribution in [2.45, 2.75) is 39.5 Å². The van der Waals surface area contributed by atoms with Gasteiger partial charge < -0.3 is 14.8 Å². The Hall–Kier alpha value is -2.53. The molecule has 0 heterocycles. The van der Waals surface area contributed by atoms with E-state index in [1.807, 2.05) is 19.9 Å². The molecule has 0 aromatic heterocycles. The van der Waals surface area contributed by atoms with E-state index in [-0.39, 0.29) is 11.9 Å². The molecule has 0 bridgehead atoms. The molecule has 0 aliphatic carbocycles. The maximum Gasteiger partial charge on any atom is 0.338 e. The molecule has 1 amide bonds. The molecule has 5 nitrogen and oxygen atoms in total. The minimum atomic E-state index is -0.379. The number of hydrogen-bond donors (Lipinski definition) is 1. The van der Waals surface area contributed by atoms with Crippen molar-refractivity contribution < 1.29 is 19.1 Å². The van der Waals surface area contributed by atoms with Crippen LogP contribution in [0.1, 0.15) is 48.5 Å². The van der Waals surface area contributed by atoms with Gasteiger partial charge in [0.25, 0.3) is 0 Å².